The number of rotatable bonds is 3. The Morgan fingerprint density at radius 3 is 1.43 bits per heavy atom. The van der Waals surface area contributed by atoms with Gasteiger partial charge in [0.2, 0.25) is 5.75 Å². The standard InChI is InChI=1S/C6H7ClN2O2.C5H4Cl2N2O/c1-10-4-5(7)8-3-9-6(4)11-2;1-10-3-4(6)8-2-9-5(3)7/h3H,1-2H3;2H,1H3. The number of hydrogen-bond donors (Lipinski definition) is 0. The van der Waals surface area contributed by atoms with Gasteiger partial charge in [0.25, 0.3) is 5.88 Å². The van der Waals surface area contributed by atoms with Crippen molar-refractivity contribution in [1.29, 1.82) is 0 Å². The molecule has 0 aromatic carbocycles. The highest BCUT2D eigenvalue weighted by atomic mass is 35.5. The molecule has 2 aromatic rings. The molecule has 0 atom stereocenters. The number of aromatic nitrogens is 4. The van der Waals surface area contributed by atoms with Crippen molar-refractivity contribution in [2.75, 3.05) is 21.3 Å². The lowest BCUT2D eigenvalue weighted by Crippen LogP contribution is -1.95. The molecule has 2 heterocycles. The van der Waals surface area contributed by atoms with E-state index in [2.05, 4.69) is 19.9 Å². The van der Waals surface area contributed by atoms with Crippen molar-refractivity contribution < 1.29 is 14.2 Å². The Labute approximate surface area is 136 Å². The third-order valence-corrected chi connectivity index (χ3v) is 2.85. The third kappa shape index (κ3) is 4.73. The largest absolute Gasteiger partial charge is 0.491 e. The molecule has 2 aromatic heterocycles. The minimum absolute atomic E-state index is 0.225. The van der Waals surface area contributed by atoms with Crippen LogP contribution in [0.25, 0.3) is 0 Å². The zero-order valence-corrected chi connectivity index (χ0v) is 13.6. The lowest BCUT2D eigenvalue weighted by Gasteiger charge is -2.04. The van der Waals surface area contributed by atoms with E-state index in [-0.39, 0.29) is 15.5 Å². The molecule has 0 amide bonds. The van der Waals surface area contributed by atoms with Crippen LogP contribution in [0.1, 0.15) is 0 Å². The van der Waals surface area contributed by atoms with Gasteiger partial charge in [-0.25, -0.2) is 15.0 Å². The molecule has 0 aliphatic heterocycles. The van der Waals surface area contributed by atoms with E-state index in [0.29, 0.717) is 17.4 Å². The van der Waals surface area contributed by atoms with E-state index in [1.54, 1.807) is 0 Å². The average Bonchev–Trinajstić information content (AvgIpc) is 2.48. The summed E-state index contributed by atoms with van der Waals surface area (Å²) in [5.41, 5.74) is 0. The lowest BCUT2D eigenvalue weighted by molar-refractivity contribution is 0.341. The van der Waals surface area contributed by atoms with Gasteiger partial charge >= 0.3 is 0 Å². The van der Waals surface area contributed by atoms with Crippen LogP contribution < -0.4 is 14.2 Å². The number of ether oxygens (including phenoxy) is 3. The predicted molar refractivity (Wildman–Crippen MR) is 78.8 cm³/mol. The predicted octanol–water partition coefficient (Wildman–Crippen LogP) is 2.94. The summed E-state index contributed by atoms with van der Waals surface area (Å²) in [6.07, 6.45) is 2.58. The van der Waals surface area contributed by atoms with Crippen molar-refractivity contribution in [2.24, 2.45) is 0 Å². The van der Waals surface area contributed by atoms with Crippen LogP contribution in [0.5, 0.6) is 17.4 Å². The summed E-state index contributed by atoms with van der Waals surface area (Å²) in [4.78, 5) is 14.8. The maximum absolute atomic E-state index is 5.65. The molecule has 0 radical (unpaired) electrons. The van der Waals surface area contributed by atoms with Gasteiger partial charge in [-0.15, -0.1) is 0 Å². The first-order valence-corrected chi connectivity index (χ1v) is 6.47. The molecule has 21 heavy (non-hydrogen) atoms. The molecule has 0 N–H and O–H groups in total. The van der Waals surface area contributed by atoms with Gasteiger partial charge in [0.15, 0.2) is 21.2 Å². The minimum Gasteiger partial charge on any atom is -0.491 e. The van der Waals surface area contributed by atoms with Gasteiger partial charge in [-0.05, 0) is 0 Å². The molecule has 0 fully saturated rings. The van der Waals surface area contributed by atoms with Crippen molar-refractivity contribution in [3.05, 3.63) is 28.1 Å². The van der Waals surface area contributed by atoms with Crippen molar-refractivity contribution in [3.63, 3.8) is 0 Å². The van der Waals surface area contributed by atoms with Crippen molar-refractivity contribution in [2.45, 2.75) is 0 Å². The van der Waals surface area contributed by atoms with E-state index in [4.69, 9.17) is 49.0 Å². The summed E-state index contributed by atoms with van der Waals surface area (Å²) in [6.45, 7) is 0. The summed E-state index contributed by atoms with van der Waals surface area (Å²) in [5, 5.41) is 0.698. The summed E-state index contributed by atoms with van der Waals surface area (Å²) < 4.78 is 14.5. The molecule has 0 saturated carbocycles. The summed E-state index contributed by atoms with van der Waals surface area (Å²) in [7, 11) is 4.42. The second kappa shape index (κ2) is 8.66. The van der Waals surface area contributed by atoms with Crippen molar-refractivity contribution in [1.82, 2.24) is 19.9 Å². The zero-order chi connectivity index (χ0) is 15.8. The van der Waals surface area contributed by atoms with Crippen LogP contribution in [0.3, 0.4) is 0 Å². The van der Waals surface area contributed by atoms with E-state index in [1.165, 1.54) is 34.0 Å². The Balaban J connectivity index is 0.000000211. The number of methoxy groups -OCH3 is 3. The highest BCUT2D eigenvalue weighted by Crippen LogP contribution is 2.29. The summed E-state index contributed by atoms with van der Waals surface area (Å²) >= 11 is 16.8. The SMILES string of the molecule is COc1c(Cl)ncnc1Cl.COc1ncnc(Cl)c1OC. The third-order valence-electron chi connectivity index (χ3n) is 2.05. The normalized spacial score (nSPS) is 9.43. The molecule has 0 spiro atoms. The highest BCUT2D eigenvalue weighted by Gasteiger charge is 2.09. The molecule has 2 rings (SSSR count). The second-order valence-corrected chi connectivity index (χ2v) is 4.27. The van der Waals surface area contributed by atoms with E-state index in [1.807, 2.05) is 0 Å². The van der Waals surface area contributed by atoms with Gasteiger partial charge in [0.05, 0.1) is 21.3 Å². The molecule has 10 heteroatoms. The van der Waals surface area contributed by atoms with Crippen LogP contribution in [-0.4, -0.2) is 41.3 Å². The first-order valence-electron chi connectivity index (χ1n) is 5.33. The van der Waals surface area contributed by atoms with Crippen LogP contribution in [0.2, 0.25) is 15.5 Å². The van der Waals surface area contributed by atoms with E-state index in [9.17, 15) is 0 Å². The quantitative estimate of drug-likeness (QED) is 0.785. The Morgan fingerprint density at radius 2 is 1.10 bits per heavy atom. The fraction of sp³-hybridized carbons (Fsp3) is 0.273. The monoisotopic (exact) mass is 352 g/mol. The fourth-order valence-corrected chi connectivity index (χ4v) is 1.83. The second-order valence-electron chi connectivity index (χ2n) is 3.20. The Bertz CT molecular complexity index is 581. The maximum Gasteiger partial charge on any atom is 0.261 e. The fourth-order valence-electron chi connectivity index (χ4n) is 1.16. The average molecular weight is 354 g/mol. The summed E-state index contributed by atoms with van der Waals surface area (Å²) in [5.74, 6) is 1.01. The van der Waals surface area contributed by atoms with Crippen LogP contribution in [0, 0.1) is 0 Å². The molecular weight excluding hydrogens is 343 g/mol. The van der Waals surface area contributed by atoms with Crippen LogP contribution in [0.15, 0.2) is 12.7 Å². The number of nitrogens with zero attached hydrogens (tertiary/aromatic N) is 4. The van der Waals surface area contributed by atoms with Gasteiger partial charge in [-0.2, -0.15) is 4.98 Å². The molecule has 7 nitrogen and oxygen atoms in total. The van der Waals surface area contributed by atoms with Crippen molar-refractivity contribution in [3.8, 4) is 17.4 Å². The smallest absolute Gasteiger partial charge is 0.261 e. The van der Waals surface area contributed by atoms with Gasteiger partial charge in [0, 0.05) is 0 Å². The lowest BCUT2D eigenvalue weighted by atomic mass is 10.6. The summed E-state index contributed by atoms with van der Waals surface area (Å²) in [6, 6.07) is 0. The van der Waals surface area contributed by atoms with Crippen molar-refractivity contribution >= 4 is 34.8 Å². The van der Waals surface area contributed by atoms with Gasteiger partial charge in [-0.1, -0.05) is 34.8 Å². The van der Waals surface area contributed by atoms with Gasteiger partial charge < -0.3 is 14.2 Å². The first-order chi connectivity index (χ1) is 10.0. The molecule has 114 valence electrons. The molecule has 0 unspecified atom stereocenters. The van der Waals surface area contributed by atoms with E-state index < -0.39 is 0 Å². The maximum atomic E-state index is 5.65. The van der Waals surface area contributed by atoms with Crippen LogP contribution in [0.4, 0.5) is 0 Å². The van der Waals surface area contributed by atoms with Gasteiger partial charge in [0.1, 0.15) is 12.7 Å². The zero-order valence-electron chi connectivity index (χ0n) is 11.3. The van der Waals surface area contributed by atoms with Gasteiger partial charge in [-0.3, -0.25) is 0 Å². The number of hydrogen-bond acceptors (Lipinski definition) is 7. The molecule has 0 aliphatic carbocycles. The Morgan fingerprint density at radius 1 is 0.667 bits per heavy atom. The van der Waals surface area contributed by atoms with E-state index >= 15 is 0 Å². The molecule has 0 saturated heterocycles. The Hall–Kier alpha value is -1.57. The first kappa shape index (κ1) is 17.5. The Kier molecular flexibility index (Phi) is 7.21. The molecule has 0 aliphatic rings. The van der Waals surface area contributed by atoms with Crippen LogP contribution in [-0.2, 0) is 0 Å². The highest BCUT2D eigenvalue weighted by molar-refractivity contribution is 6.35. The topological polar surface area (TPSA) is 79.3 Å². The van der Waals surface area contributed by atoms with Crippen LogP contribution >= 0.6 is 34.8 Å². The van der Waals surface area contributed by atoms with E-state index in [0.717, 1.165) is 0 Å². The molecular formula is C11H11Cl3N4O3. The minimum atomic E-state index is 0.225. The molecule has 0 bridgehead atoms. The number of halogens is 3.